The Hall–Kier alpha value is -1.51. The maximum absolute atomic E-state index is 11.9. The molecule has 1 fully saturated rings. The number of aromatic amines is 1. The van der Waals surface area contributed by atoms with E-state index in [9.17, 15) is 4.79 Å². The van der Waals surface area contributed by atoms with Crippen molar-refractivity contribution >= 4 is 5.97 Å². The van der Waals surface area contributed by atoms with Crippen molar-refractivity contribution in [2.24, 2.45) is 11.8 Å². The Bertz CT molecular complexity index is 528. The average molecular weight is 229 g/mol. The first-order valence-corrected chi connectivity index (χ1v) is 6.38. The van der Waals surface area contributed by atoms with Crippen LogP contribution in [-0.2, 0) is 4.74 Å². The normalized spacial score (nSPS) is 35.4. The fourth-order valence-electron chi connectivity index (χ4n) is 3.69. The van der Waals surface area contributed by atoms with Crippen molar-refractivity contribution in [1.29, 1.82) is 0 Å². The number of hydrogen-bond donors (Lipinski definition) is 1. The molecule has 0 saturated heterocycles. The van der Waals surface area contributed by atoms with Crippen molar-refractivity contribution in [3.8, 4) is 0 Å². The number of carbonyl (C=O) groups excluding carboxylic acids is 1. The van der Waals surface area contributed by atoms with Gasteiger partial charge in [0.15, 0.2) is 0 Å². The second-order valence-electron chi connectivity index (χ2n) is 5.25. The molecule has 4 atom stereocenters. The van der Waals surface area contributed by atoms with Crippen LogP contribution in [0.4, 0.5) is 0 Å². The van der Waals surface area contributed by atoms with E-state index in [0.717, 1.165) is 11.8 Å². The van der Waals surface area contributed by atoms with Crippen LogP contribution in [0.1, 0.15) is 46.8 Å². The Morgan fingerprint density at radius 2 is 2.18 bits per heavy atom. The number of allylic oxidation sites excluding steroid dienone is 2. The Labute approximate surface area is 99.9 Å². The largest absolute Gasteiger partial charge is 0.461 e. The molecule has 0 aliphatic heterocycles. The molecular weight excluding hydrogens is 214 g/mol. The van der Waals surface area contributed by atoms with Crippen LogP contribution in [0.25, 0.3) is 0 Å². The van der Waals surface area contributed by atoms with Gasteiger partial charge in [-0.3, -0.25) is 0 Å². The van der Waals surface area contributed by atoms with Crippen LogP contribution >= 0.6 is 0 Å². The molecule has 1 N–H and O–H groups in total. The molecular formula is C14H15NO2. The van der Waals surface area contributed by atoms with E-state index in [-0.39, 0.29) is 5.97 Å². The van der Waals surface area contributed by atoms with Gasteiger partial charge in [-0.05, 0) is 36.3 Å². The summed E-state index contributed by atoms with van der Waals surface area (Å²) in [6, 6.07) is 0. The molecule has 3 heteroatoms. The first-order valence-electron chi connectivity index (χ1n) is 6.38. The van der Waals surface area contributed by atoms with Crippen LogP contribution in [0.2, 0.25) is 0 Å². The quantitative estimate of drug-likeness (QED) is 0.625. The Kier molecular flexibility index (Phi) is 1.70. The highest BCUT2D eigenvalue weighted by Crippen LogP contribution is 2.65. The van der Waals surface area contributed by atoms with Gasteiger partial charge in [-0.2, -0.15) is 0 Å². The molecule has 1 aromatic heterocycles. The summed E-state index contributed by atoms with van der Waals surface area (Å²) in [7, 11) is 0. The zero-order chi connectivity index (χ0) is 11.6. The van der Waals surface area contributed by atoms with Gasteiger partial charge in [-0.1, -0.05) is 12.2 Å². The van der Waals surface area contributed by atoms with Crippen LogP contribution in [0.5, 0.6) is 0 Å². The number of H-pyrrole nitrogens is 1. The highest BCUT2D eigenvalue weighted by Gasteiger charge is 2.55. The number of rotatable bonds is 2. The highest BCUT2D eigenvalue weighted by atomic mass is 16.5. The van der Waals surface area contributed by atoms with Crippen molar-refractivity contribution in [2.45, 2.75) is 25.2 Å². The second kappa shape index (κ2) is 3.03. The standard InChI is InChI=1S/C14H15NO2/c1-2-17-14(16)13-12-8-4-3-7(9-5-10(8)9)11(12)6-15-13/h3-4,6-10,15H,2,5H2,1H3. The van der Waals surface area contributed by atoms with Crippen molar-refractivity contribution in [1.82, 2.24) is 4.98 Å². The monoisotopic (exact) mass is 229 g/mol. The van der Waals surface area contributed by atoms with Crippen LogP contribution in [-0.4, -0.2) is 17.6 Å². The van der Waals surface area contributed by atoms with Gasteiger partial charge in [0.05, 0.1) is 6.61 Å². The lowest BCUT2D eigenvalue weighted by molar-refractivity contribution is 0.0518. The lowest BCUT2D eigenvalue weighted by Crippen LogP contribution is -2.21. The summed E-state index contributed by atoms with van der Waals surface area (Å²) in [5.41, 5.74) is 3.24. The first-order chi connectivity index (χ1) is 8.31. The molecule has 1 saturated carbocycles. The summed E-state index contributed by atoms with van der Waals surface area (Å²) in [6.07, 6.45) is 7.94. The lowest BCUT2D eigenvalue weighted by Gasteiger charge is -2.30. The van der Waals surface area contributed by atoms with Gasteiger partial charge >= 0.3 is 5.97 Å². The van der Waals surface area contributed by atoms with Gasteiger partial charge in [0.2, 0.25) is 0 Å². The minimum Gasteiger partial charge on any atom is -0.461 e. The highest BCUT2D eigenvalue weighted by molar-refractivity contribution is 5.90. The maximum Gasteiger partial charge on any atom is 0.355 e. The Morgan fingerprint density at radius 1 is 1.41 bits per heavy atom. The number of aromatic nitrogens is 1. The van der Waals surface area contributed by atoms with Gasteiger partial charge in [0.1, 0.15) is 5.69 Å². The van der Waals surface area contributed by atoms with E-state index in [1.807, 2.05) is 13.1 Å². The lowest BCUT2D eigenvalue weighted by atomic mass is 9.72. The van der Waals surface area contributed by atoms with E-state index < -0.39 is 0 Å². The molecule has 0 amide bonds. The molecule has 2 bridgehead atoms. The Balaban J connectivity index is 1.81. The average Bonchev–Trinajstić information content (AvgIpc) is 3.03. The van der Waals surface area contributed by atoms with Gasteiger partial charge in [0.25, 0.3) is 0 Å². The summed E-state index contributed by atoms with van der Waals surface area (Å²) in [6.45, 7) is 2.28. The molecule has 0 aromatic carbocycles. The molecule has 0 radical (unpaired) electrons. The molecule has 4 aliphatic carbocycles. The zero-order valence-corrected chi connectivity index (χ0v) is 9.77. The van der Waals surface area contributed by atoms with Crippen molar-refractivity contribution in [2.75, 3.05) is 6.61 Å². The van der Waals surface area contributed by atoms with Gasteiger partial charge < -0.3 is 9.72 Å². The second-order valence-corrected chi connectivity index (χ2v) is 5.25. The third kappa shape index (κ3) is 1.09. The number of nitrogens with one attached hydrogen (secondary N) is 1. The van der Waals surface area contributed by atoms with E-state index in [2.05, 4.69) is 17.1 Å². The maximum atomic E-state index is 11.9. The predicted molar refractivity (Wildman–Crippen MR) is 63.0 cm³/mol. The van der Waals surface area contributed by atoms with E-state index in [4.69, 9.17) is 4.74 Å². The number of carbonyl (C=O) groups is 1. The number of hydrogen-bond acceptors (Lipinski definition) is 2. The van der Waals surface area contributed by atoms with Gasteiger partial charge in [-0.25, -0.2) is 4.79 Å². The van der Waals surface area contributed by atoms with E-state index in [1.165, 1.54) is 17.5 Å². The SMILES string of the molecule is CCOC(=O)c1[nH]cc2c1C1C=CC2C2CC12. The molecule has 5 rings (SSSR count). The number of ether oxygens (including phenoxy) is 1. The van der Waals surface area contributed by atoms with Crippen molar-refractivity contribution in [3.63, 3.8) is 0 Å². The molecule has 0 spiro atoms. The smallest absolute Gasteiger partial charge is 0.355 e. The van der Waals surface area contributed by atoms with Crippen LogP contribution < -0.4 is 0 Å². The molecule has 3 nitrogen and oxygen atoms in total. The van der Waals surface area contributed by atoms with Crippen molar-refractivity contribution in [3.05, 3.63) is 35.2 Å². The molecule has 1 aromatic rings. The summed E-state index contributed by atoms with van der Waals surface area (Å²) in [5.74, 6) is 2.40. The van der Waals surface area contributed by atoms with E-state index in [0.29, 0.717) is 24.1 Å². The minimum absolute atomic E-state index is 0.202. The zero-order valence-electron chi connectivity index (χ0n) is 9.77. The molecule has 17 heavy (non-hydrogen) atoms. The predicted octanol–water partition coefficient (Wildman–Crippen LogP) is 2.58. The topological polar surface area (TPSA) is 42.1 Å². The summed E-state index contributed by atoms with van der Waals surface area (Å²) in [4.78, 5) is 15.0. The van der Waals surface area contributed by atoms with Crippen LogP contribution in [0.3, 0.4) is 0 Å². The fraction of sp³-hybridized carbons (Fsp3) is 0.500. The van der Waals surface area contributed by atoms with Gasteiger partial charge in [-0.15, -0.1) is 0 Å². The van der Waals surface area contributed by atoms with E-state index in [1.54, 1.807) is 0 Å². The third-order valence-corrected chi connectivity index (χ3v) is 4.46. The summed E-state index contributed by atoms with van der Waals surface area (Å²) < 4.78 is 5.11. The summed E-state index contributed by atoms with van der Waals surface area (Å²) >= 11 is 0. The summed E-state index contributed by atoms with van der Waals surface area (Å²) in [5, 5.41) is 0. The Morgan fingerprint density at radius 3 is 3.00 bits per heavy atom. The molecule has 88 valence electrons. The number of esters is 1. The molecule has 1 heterocycles. The first kappa shape index (κ1) is 9.51. The fourth-order valence-corrected chi connectivity index (χ4v) is 3.69. The minimum atomic E-state index is -0.202. The van der Waals surface area contributed by atoms with Gasteiger partial charge in [0, 0.05) is 18.0 Å². The van der Waals surface area contributed by atoms with Crippen LogP contribution in [0.15, 0.2) is 18.3 Å². The third-order valence-electron chi connectivity index (χ3n) is 4.46. The molecule has 4 aliphatic rings. The van der Waals surface area contributed by atoms with E-state index >= 15 is 0 Å². The van der Waals surface area contributed by atoms with Crippen molar-refractivity contribution < 1.29 is 9.53 Å². The van der Waals surface area contributed by atoms with Crippen LogP contribution in [0, 0.1) is 11.8 Å². The molecule has 4 unspecified atom stereocenters.